The minimum atomic E-state index is -0.147. The summed E-state index contributed by atoms with van der Waals surface area (Å²) in [7, 11) is 0. The molecule has 0 spiro atoms. The highest BCUT2D eigenvalue weighted by Gasteiger charge is 2.21. The van der Waals surface area contributed by atoms with Gasteiger partial charge < -0.3 is 10.6 Å². The molecule has 0 aromatic heterocycles. The first-order chi connectivity index (χ1) is 7.13. The van der Waals surface area contributed by atoms with Crippen molar-refractivity contribution in [2.24, 2.45) is 17.6 Å². The molecule has 1 heterocycles. The Labute approximate surface area is 93.0 Å². The number of hydrogen-bond donors (Lipinski definition) is 1. The van der Waals surface area contributed by atoms with Crippen molar-refractivity contribution in [1.82, 2.24) is 4.90 Å². The van der Waals surface area contributed by atoms with E-state index in [4.69, 9.17) is 5.73 Å². The molecule has 1 fully saturated rings. The molecule has 1 aliphatic rings. The van der Waals surface area contributed by atoms with Crippen LogP contribution in [0.2, 0.25) is 0 Å². The standard InChI is InChI=1S/C12H24N2O/c1-3-6-14-7-4-11(5-8-14)9-10(2)12(13)15/h10-11H,3-9H2,1-2H3,(H2,13,15). The van der Waals surface area contributed by atoms with Gasteiger partial charge in [0.2, 0.25) is 5.91 Å². The first kappa shape index (κ1) is 12.5. The summed E-state index contributed by atoms with van der Waals surface area (Å²) in [6.07, 6.45) is 4.69. The Morgan fingerprint density at radius 3 is 2.53 bits per heavy atom. The van der Waals surface area contributed by atoms with Gasteiger partial charge in [0.15, 0.2) is 0 Å². The quantitative estimate of drug-likeness (QED) is 0.752. The van der Waals surface area contributed by atoms with Crippen molar-refractivity contribution in [3.05, 3.63) is 0 Å². The highest BCUT2D eigenvalue weighted by molar-refractivity contribution is 5.76. The van der Waals surface area contributed by atoms with E-state index in [0.29, 0.717) is 5.92 Å². The number of nitrogens with zero attached hydrogens (tertiary/aromatic N) is 1. The number of hydrogen-bond acceptors (Lipinski definition) is 2. The zero-order valence-electron chi connectivity index (χ0n) is 10.0. The first-order valence-electron chi connectivity index (χ1n) is 6.15. The monoisotopic (exact) mass is 212 g/mol. The van der Waals surface area contributed by atoms with E-state index in [0.717, 1.165) is 6.42 Å². The van der Waals surface area contributed by atoms with Gasteiger partial charge >= 0.3 is 0 Å². The maximum absolute atomic E-state index is 11.0. The van der Waals surface area contributed by atoms with Crippen LogP contribution in [0.5, 0.6) is 0 Å². The lowest BCUT2D eigenvalue weighted by atomic mass is 9.87. The third-order valence-corrected chi connectivity index (χ3v) is 3.42. The lowest BCUT2D eigenvalue weighted by Crippen LogP contribution is -2.35. The molecule has 2 N–H and O–H groups in total. The number of carbonyl (C=O) groups excluding carboxylic acids is 1. The molecule has 15 heavy (non-hydrogen) atoms. The minimum absolute atomic E-state index is 0.0488. The van der Waals surface area contributed by atoms with Crippen molar-refractivity contribution in [2.75, 3.05) is 19.6 Å². The number of rotatable bonds is 5. The van der Waals surface area contributed by atoms with Crippen LogP contribution in [0.1, 0.15) is 39.5 Å². The smallest absolute Gasteiger partial charge is 0.220 e. The number of nitrogens with two attached hydrogens (primary N) is 1. The Morgan fingerprint density at radius 2 is 2.07 bits per heavy atom. The van der Waals surface area contributed by atoms with Crippen LogP contribution >= 0.6 is 0 Å². The molecule has 0 radical (unpaired) electrons. The Balaban J connectivity index is 2.22. The largest absolute Gasteiger partial charge is 0.369 e. The molecular formula is C12H24N2O. The SMILES string of the molecule is CCCN1CCC(CC(C)C(N)=O)CC1. The van der Waals surface area contributed by atoms with Gasteiger partial charge in [-0.2, -0.15) is 0 Å². The number of carbonyl (C=O) groups is 1. The average Bonchev–Trinajstić information content (AvgIpc) is 2.21. The van der Waals surface area contributed by atoms with Gasteiger partial charge in [-0.1, -0.05) is 13.8 Å². The lowest BCUT2D eigenvalue weighted by Gasteiger charge is -2.32. The van der Waals surface area contributed by atoms with Crippen LogP contribution in [0, 0.1) is 11.8 Å². The number of amides is 1. The molecule has 0 saturated carbocycles. The summed E-state index contributed by atoms with van der Waals surface area (Å²) in [5.74, 6) is 0.610. The van der Waals surface area contributed by atoms with Crippen LogP contribution in [0.4, 0.5) is 0 Å². The van der Waals surface area contributed by atoms with Crippen molar-refractivity contribution in [3.63, 3.8) is 0 Å². The molecule has 88 valence electrons. The Kier molecular flexibility index (Phi) is 5.09. The van der Waals surface area contributed by atoms with E-state index in [9.17, 15) is 4.79 Å². The van der Waals surface area contributed by atoms with Gasteiger partial charge in [0, 0.05) is 5.92 Å². The molecule has 0 aromatic rings. The second kappa shape index (κ2) is 6.11. The minimum Gasteiger partial charge on any atom is -0.369 e. The van der Waals surface area contributed by atoms with E-state index in [2.05, 4.69) is 11.8 Å². The fourth-order valence-electron chi connectivity index (χ4n) is 2.38. The van der Waals surface area contributed by atoms with E-state index >= 15 is 0 Å². The first-order valence-corrected chi connectivity index (χ1v) is 6.15. The summed E-state index contributed by atoms with van der Waals surface area (Å²) >= 11 is 0. The van der Waals surface area contributed by atoms with E-state index in [1.807, 2.05) is 6.92 Å². The van der Waals surface area contributed by atoms with Crippen molar-refractivity contribution < 1.29 is 4.79 Å². The number of likely N-dealkylation sites (tertiary alicyclic amines) is 1. The zero-order chi connectivity index (χ0) is 11.3. The summed E-state index contributed by atoms with van der Waals surface area (Å²) in [6.45, 7) is 7.79. The number of primary amides is 1. The van der Waals surface area contributed by atoms with Gasteiger partial charge in [-0.25, -0.2) is 0 Å². The van der Waals surface area contributed by atoms with Crippen molar-refractivity contribution >= 4 is 5.91 Å². The molecule has 1 rings (SSSR count). The summed E-state index contributed by atoms with van der Waals surface area (Å²) in [4.78, 5) is 13.5. The predicted octanol–water partition coefficient (Wildman–Crippen LogP) is 1.62. The highest BCUT2D eigenvalue weighted by Crippen LogP contribution is 2.24. The molecule has 3 nitrogen and oxygen atoms in total. The molecule has 0 bridgehead atoms. The molecular weight excluding hydrogens is 188 g/mol. The Hall–Kier alpha value is -0.570. The Bertz CT molecular complexity index is 198. The fraction of sp³-hybridized carbons (Fsp3) is 0.917. The van der Waals surface area contributed by atoms with Crippen LogP contribution in [0.25, 0.3) is 0 Å². The molecule has 3 heteroatoms. The molecule has 0 aromatic carbocycles. The number of piperidine rings is 1. The lowest BCUT2D eigenvalue weighted by molar-refractivity contribution is -0.121. The van der Waals surface area contributed by atoms with Gasteiger partial charge in [0.05, 0.1) is 0 Å². The van der Waals surface area contributed by atoms with Crippen LogP contribution < -0.4 is 5.73 Å². The Morgan fingerprint density at radius 1 is 1.47 bits per heavy atom. The van der Waals surface area contributed by atoms with Gasteiger partial charge in [0.1, 0.15) is 0 Å². The molecule has 1 amide bonds. The summed E-state index contributed by atoms with van der Waals surface area (Å²) in [5, 5.41) is 0. The summed E-state index contributed by atoms with van der Waals surface area (Å²) in [5.41, 5.74) is 5.28. The second-order valence-electron chi connectivity index (χ2n) is 4.82. The van der Waals surface area contributed by atoms with E-state index in [-0.39, 0.29) is 11.8 Å². The third kappa shape index (κ3) is 4.20. The van der Waals surface area contributed by atoms with Crippen LogP contribution in [-0.4, -0.2) is 30.4 Å². The molecule has 1 aliphatic heterocycles. The van der Waals surface area contributed by atoms with Crippen LogP contribution in [0.15, 0.2) is 0 Å². The zero-order valence-corrected chi connectivity index (χ0v) is 10.0. The van der Waals surface area contributed by atoms with Gasteiger partial charge in [-0.05, 0) is 51.2 Å². The second-order valence-corrected chi connectivity index (χ2v) is 4.82. The van der Waals surface area contributed by atoms with Crippen molar-refractivity contribution in [1.29, 1.82) is 0 Å². The van der Waals surface area contributed by atoms with E-state index < -0.39 is 0 Å². The summed E-state index contributed by atoms with van der Waals surface area (Å²) in [6, 6.07) is 0. The van der Waals surface area contributed by atoms with Gasteiger partial charge in [-0.3, -0.25) is 4.79 Å². The van der Waals surface area contributed by atoms with Gasteiger partial charge in [-0.15, -0.1) is 0 Å². The van der Waals surface area contributed by atoms with Gasteiger partial charge in [0.25, 0.3) is 0 Å². The highest BCUT2D eigenvalue weighted by atomic mass is 16.1. The molecule has 1 saturated heterocycles. The summed E-state index contributed by atoms with van der Waals surface area (Å²) < 4.78 is 0. The average molecular weight is 212 g/mol. The maximum atomic E-state index is 11.0. The molecule has 1 atom stereocenters. The normalized spacial score (nSPS) is 21.5. The predicted molar refractivity (Wildman–Crippen MR) is 62.4 cm³/mol. The van der Waals surface area contributed by atoms with Crippen LogP contribution in [-0.2, 0) is 4.79 Å². The van der Waals surface area contributed by atoms with Crippen LogP contribution in [0.3, 0.4) is 0 Å². The van der Waals surface area contributed by atoms with Crippen molar-refractivity contribution in [2.45, 2.75) is 39.5 Å². The fourth-order valence-corrected chi connectivity index (χ4v) is 2.38. The third-order valence-electron chi connectivity index (χ3n) is 3.42. The molecule has 1 unspecified atom stereocenters. The maximum Gasteiger partial charge on any atom is 0.220 e. The van der Waals surface area contributed by atoms with E-state index in [1.54, 1.807) is 0 Å². The van der Waals surface area contributed by atoms with Crippen molar-refractivity contribution in [3.8, 4) is 0 Å². The molecule has 0 aliphatic carbocycles. The van der Waals surface area contributed by atoms with E-state index in [1.165, 1.54) is 38.9 Å². The topological polar surface area (TPSA) is 46.3 Å².